The standard InChI is InChI=1S/C18H22N2O3S/c1-5-17(15-8-11-18(23-4)14(3)12-15)19-20-24(21,22)16-9-6-13(2)7-10-16/h6-12,20H,5H2,1-4H3/b19-17+. The number of aryl methyl sites for hydroxylation is 2. The van der Waals surface area contributed by atoms with E-state index in [0.29, 0.717) is 12.1 Å². The molecule has 2 aromatic carbocycles. The molecule has 0 aliphatic carbocycles. The van der Waals surface area contributed by atoms with Crippen molar-refractivity contribution < 1.29 is 13.2 Å². The maximum atomic E-state index is 12.3. The molecule has 0 aromatic heterocycles. The number of sulfonamides is 1. The molecule has 24 heavy (non-hydrogen) atoms. The van der Waals surface area contributed by atoms with Crippen LogP contribution in [0.15, 0.2) is 52.5 Å². The Hall–Kier alpha value is -2.34. The summed E-state index contributed by atoms with van der Waals surface area (Å²) < 4.78 is 29.9. The molecule has 0 fully saturated rings. The van der Waals surface area contributed by atoms with E-state index < -0.39 is 10.0 Å². The van der Waals surface area contributed by atoms with Crippen LogP contribution in [0, 0.1) is 13.8 Å². The zero-order valence-electron chi connectivity index (χ0n) is 14.3. The first kappa shape index (κ1) is 18.0. The summed E-state index contributed by atoms with van der Waals surface area (Å²) in [4.78, 5) is 2.51. The van der Waals surface area contributed by atoms with Crippen LogP contribution < -0.4 is 9.57 Å². The summed E-state index contributed by atoms with van der Waals surface area (Å²) in [6, 6.07) is 12.3. The Morgan fingerprint density at radius 2 is 1.79 bits per heavy atom. The molecule has 0 atom stereocenters. The van der Waals surface area contributed by atoms with E-state index in [0.717, 1.165) is 22.4 Å². The molecular weight excluding hydrogens is 324 g/mol. The summed E-state index contributed by atoms with van der Waals surface area (Å²) >= 11 is 0. The average molecular weight is 346 g/mol. The first-order valence-corrected chi connectivity index (χ1v) is 9.15. The molecule has 0 spiro atoms. The van der Waals surface area contributed by atoms with Crippen molar-refractivity contribution in [3.05, 3.63) is 59.2 Å². The van der Waals surface area contributed by atoms with Gasteiger partial charge in [-0.3, -0.25) is 0 Å². The summed E-state index contributed by atoms with van der Waals surface area (Å²) in [5, 5.41) is 4.12. The van der Waals surface area contributed by atoms with Gasteiger partial charge in [0.2, 0.25) is 0 Å². The van der Waals surface area contributed by atoms with E-state index in [-0.39, 0.29) is 4.90 Å². The molecule has 0 heterocycles. The minimum atomic E-state index is -3.68. The number of hydrogen-bond acceptors (Lipinski definition) is 4. The van der Waals surface area contributed by atoms with Crippen LogP contribution in [0.4, 0.5) is 0 Å². The predicted octanol–water partition coefficient (Wildman–Crippen LogP) is 3.40. The SMILES string of the molecule is CC/C(=N\NS(=O)(=O)c1ccc(C)cc1)c1ccc(OC)c(C)c1. The summed E-state index contributed by atoms with van der Waals surface area (Å²) in [6.45, 7) is 5.77. The van der Waals surface area contributed by atoms with Gasteiger partial charge in [0.05, 0.1) is 17.7 Å². The fourth-order valence-corrected chi connectivity index (χ4v) is 3.12. The number of hydrazone groups is 1. The number of methoxy groups -OCH3 is 1. The van der Waals surface area contributed by atoms with Gasteiger partial charge >= 0.3 is 0 Å². The van der Waals surface area contributed by atoms with Crippen molar-refractivity contribution in [2.45, 2.75) is 32.1 Å². The molecule has 1 N–H and O–H groups in total. The minimum absolute atomic E-state index is 0.193. The summed E-state index contributed by atoms with van der Waals surface area (Å²) in [5.74, 6) is 0.787. The summed E-state index contributed by atoms with van der Waals surface area (Å²) in [6.07, 6.45) is 0.599. The van der Waals surface area contributed by atoms with E-state index in [4.69, 9.17) is 4.74 Å². The Morgan fingerprint density at radius 1 is 1.12 bits per heavy atom. The lowest BCUT2D eigenvalue weighted by atomic mass is 10.1. The average Bonchev–Trinajstić information content (AvgIpc) is 2.56. The Morgan fingerprint density at radius 3 is 2.33 bits per heavy atom. The molecule has 0 aliphatic rings. The molecule has 2 rings (SSSR count). The monoisotopic (exact) mass is 346 g/mol. The summed E-state index contributed by atoms with van der Waals surface area (Å²) in [7, 11) is -2.06. The highest BCUT2D eigenvalue weighted by Gasteiger charge is 2.13. The third-order valence-corrected chi connectivity index (χ3v) is 4.92. The molecule has 0 aliphatic heterocycles. The molecule has 0 bridgehead atoms. The fraction of sp³-hybridized carbons (Fsp3) is 0.278. The highest BCUT2D eigenvalue weighted by molar-refractivity contribution is 7.89. The van der Waals surface area contributed by atoms with Gasteiger partial charge in [-0.2, -0.15) is 18.4 Å². The summed E-state index contributed by atoms with van der Waals surface area (Å²) in [5.41, 5.74) is 3.50. The quantitative estimate of drug-likeness (QED) is 0.644. The normalized spacial score (nSPS) is 12.1. The molecule has 0 saturated heterocycles. The van der Waals surface area contributed by atoms with Crippen molar-refractivity contribution in [1.29, 1.82) is 0 Å². The van der Waals surface area contributed by atoms with Gasteiger partial charge < -0.3 is 4.74 Å². The number of hydrogen-bond donors (Lipinski definition) is 1. The first-order valence-electron chi connectivity index (χ1n) is 7.67. The van der Waals surface area contributed by atoms with Gasteiger partial charge in [-0.1, -0.05) is 24.6 Å². The van der Waals surface area contributed by atoms with Gasteiger partial charge in [0.25, 0.3) is 10.0 Å². The van der Waals surface area contributed by atoms with Crippen LogP contribution in [0.2, 0.25) is 0 Å². The first-order chi connectivity index (χ1) is 11.4. The molecule has 128 valence electrons. The fourth-order valence-electron chi connectivity index (χ4n) is 2.29. The molecule has 0 saturated carbocycles. The van der Waals surface area contributed by atoms with Gasteiger partial charge in [-0.05, 0) is 61.7 Å². The van der Waals surface area contributed by atoms with Crippen LogP contribution in [-0.4, -0.2) is 21.2 Å². The number of nitrogens with zero attached hydrogens (tertiary/aromatic N) is 1. The molecule has 0 radical (unpaired) electrons. The Labute approximate surface area is 143 Å². The molecular formula is C18H22N2O3S. The smallest absolute Gasteiger partial charge is 0.276 e. The van der Waals surface area contributed by atoms with Crippen LogP contribution in [-0.2, 0) is 10.0 Å². The topological polar surface area (TPSA) is 67.8 Å². The second-order valence-corrected chi connectivity index (χ2v) is 7.17. The maximum absolute atomic E-state index is 12.3. The van der Waals surface area contributed by atoms with E-state index in [1.165, 1.54) is 0 Å². The second kappa shape index (κ2) is 7.49. The Kier molecular flexibility index (Phi) is 5.62. The van der Waals surface area contributed by atoms with Crippen LogP contribution >= 0.6 is 0 Å². The number of nitrogens with one attached hydrogen (secondary N) is 1. The van der Waals surface area contributed by atoms with Gasteiger partial charge in [-0.15, -0.1) is 0 Å². The number of rotatable bonds is 6. The Bertz CT molecular complexity index is 841. The van der Waals surface area contributed by atoms with E-state index in [1.807, 2.05) is 39.0 Å². The van der Waals surface area contributed by atoms with Crippen LogP contribution in [0.3, 0.4) is 0 Å². The number of ether oxygens (including phenoxy) is 1. The van der Waals surface area contributed by atoms with Crippen molar-refractivity contribution in [3.63, 3.8) is 0 Å². The highest BCUT2D eigenvalue weighted by Crippen LogP contribution is 2.19. The van der Waals surface area contributed by atoms with Crippen molar-refractivity contribution >= 4 is 15.7 Å². The van der Waals surface area contributed by atoms with Crippen molar-refractivity contribution in [2.24, 2.45) is 5.10 Å². The number of benzene rings is 2. The van der Waals surface area contributed by atoms with Gasteiger partial charge in [0, 0.05) is 0 Å². The minimum Gasteiger partial charge on any atom is -0.496 e. The van der Waals surface area contributed by atoms with Crippen molar-refractivity contribution in [3.8, 4) is 5.75 Å². The van der Waals surface area contributed by atoms with Gasteiger partial charge in [0.15, 0.2) is 0 Å². The van der Waals surface area contributed by atoms with Crippen LogP contribution in [0.5, 0.6) is 5.75 Å². The predicted molar refractivity (Wildman–Crippen MR) is 96.1 cm³/mol. The molecule has 0 amide bonds. The lowest BCUT2D eigenvalue weighted by molar-refractivity contribution is 0.411. The van der Waals surface area contributed by atoms with Crippen molar-refractivity contribution in [1.82, 2.24) is 4.83 Å². The van der Waals surface area contributed by atoms with E-state index >= 15 is 0 Å². The largest absolute Gasteiger partial charge is 0.496 e. The van der Waals surface area contributed by atoms with Gasteiger partial charge in [-0.25, -0.2) is 0 Å². The zero-order valence-corrected chi connectivity index (χ0v) is 15.1. The van der Waals surface area contributed by atoms with Crippen LogP contribution in [0.25, 0.3) is 0 Å². The Balaban J connectivity index is 2.27. The maximum Gasteiger partial charge on any atom is 0.276 e. The molecule has 6 heteroatoms. The van der Waals surface area contributed by atoms with Crippen LogP contribution in [0.1, 0.15) is 30.0 Å². The lowest BCUT2D eigenvalue weighted by Gasteiger charge is -2.10. The highest BCUT2D eigenvalue weighted by atomic mass is 32.2. The molecule has 2 aromatic rings. The second-order valence-electron chi connectivity index (χ2n) is 5.50. The lowest BCUT2D eigenvalue weighted by Crippen LogP contribution is -2.20. The van der Waals surface area contributed by atoms with Crippen molar-refractivity contribution in [2.75, 3.05) is 7.11 Å². The van der Waals surface area contributed by atoms with Gasteiger partial charge in [0.1, 0.15) is 5.75 Å². The molecule has 5 nitrogen and oxygen atoms in total. The van der Waals surface area contributed by atoms with E-state index in [2.05, 4.69) is 9.93 Å². The zero-order chi connectivity index (χ0) is 17.7. The third-order valence-electron chi connectivity index (χ3n) is 3.70. The molecule has 0 unspecified atom stereocenters. The van der Waals surface area contributed by atoms with E-state index in [9.17, 15) is 8.42 Å². The third kappa shape index (κ3) is 4.14. The van der Waals surface area contributed by atoms with E-state index in [1.54, 1.807) is 31.4 Å².